The second kappa shape index (κ2) is 8.84. The summed E-state index contributed by atoms with van der Waals surface area (Å²) in [5.41, 5.74) is 1.38. The van der Waals surface area contributed by atoms with E-state index >= 15 is 0 Å². The van der Waals surface area contributed by atoms with Gasteiger partial charge >= 0.3 is 0 Å². The van der Waals surface area contributed by atoms with Gasteiger partial charge in [0.05, 0.1) is 11.3 Å². The summed E-state index contributed by atoms with van der Waals surface area (Å²) in [4.78, 5) is 29.6. The quantitative estimate of drug-likeness (QED) is 0.764. The molecule has 0 aliphatic carbocycles. The van der Waals surface area contributed by atoms with Gasteiger partial charge in [0.2, 0.25) is 5.91 Å². The van der Waals surface area contributed by atoms with Crippen LogP contribution in [0.1, 0.15) is 41.7 Å². The largest absolute Gasteiger partial charge is 0.381 e. The Balaban J connectivity index is 1.76. The molecule has 150 valence electrons. The number of aromatic nitrogens is 2. The summed E-state index contributed by atoms with van der Waals surface area (Å²) in [7, 11) is 3.36. The Morgan fingerprint density at radius 1 is 1.30 bits per heavy atom. The summed E-state index contributed by atoms with van der Waals surface area (Å²) in [5, 5.41) is 4.28. The van der Waals surface area contributed by atoms with Crippen LogP contribution in [0.2, 0.25) is 0 Å². The van der Waals surface area contributed by atoms with Gasteiger partial charge < -0.3 is 19.3 Å². The van der Waals surface area contributed by atoms with Crippen molar-refractivity contribution in [1.82, 2.24) is 19.6 Å². The van der Waals surface area contributed by atoms with Crippen LogP contribution in [0.25, 0.3) is 0 Å². The van der Waals surface area contributed by atoms with Gasteiger partial charge in [0.1, 0.15) is 6.61 Å². The van der Waals surface area contributed by atoms with E-state index in [1.807, 2.05) is 23.8 Å². The summed E-state index contributed by atoms with van der Waals surface area (Å²) >= 11 is 0. The molecule has 0 spiro atoms. The first kappa shape index (κ1) is 19.8. The van der Waals surface area contributed by atoms with Crippen LogP contribution in [-0.2, 0) is 21.3 Å². The Morgan fingerprint density at radius 2 is 2.04 bits per heavy atom. The van der Waals surface area contributed by atoms with E-state index in [0.717, 1.165) is 31.4 Å². The summed E-state index contributed by atoms with van der Waals surface area (Å²) in [5.74, 6) is -0.00215. The fraction of sp³-hybridized carbons (Fsp3) is 0.737. The molecule has 3 rings (SSSR count). The van der Waals surface area contributed by atoms with E-state index in [1.165, 1.54) is 0 Å². The maximum absolute atomic E-state index is 13.0. The van der Waals surface area contributed by atoms with Crippen LogP contribution >= 0.6 is 0 Å². The van der Waals surface area contributed by atoms with E-state index in [4.69, 9.17) is 9.47 Å². The van der Waals surface area contributed by atoms with E-state index < -0.39 is 0 Å². The number of hydrogen-bond donors (Lipinski definition) is 0. The van der Waals surface area contributed by atoms with Gasteiger partial charge in [0.25, 0.3) is 5.91 Å². The highest BCUT2D eigenvalue weighted by Gasteiger charge is 2.36. The lowest BCUT2D eigenvalue weighted by Crippen LogP contribution is -2.56. The Morgan fingerprint density at radius 3 is 2.67 bits per heavy atom. The number of methoxy groups -OCH3 is 1. The van der Waals surface area contributed by atoms with E-state index in [1.54, 1.807) is 18.0 Å². The van der Waals surface area contributed by atoms with Crippen molar-refractivity contribution in [3.8, 4) is 0 Å². The van der Waals surface area contributed by atoms with Crippen molar-refractivity contribution < 1.29 is 19.1 Å². The lowest BCUT2D eigenvalue weighted by atomic mass is 9.98. The number of piperidine rings is 1. The lowest BCUT2D eigenvalue weighted by Gasteiger charge is -2.44. The van der Waals surface area contributed by atoms with E-state index in [0.29, 0.717) is 31.9 Å². The molecule has 1 aromatic heterocycles. The highest BCUT2D eigenvalue weighted by atomic mass is 16.5. The zero-order valence-corrected chi connectivity index (χ0v) is 16.5. The minimum Gasteiger partial charge on any atom is -0.381 e. The summed E-state index contributed by atoms with van der Waals surface area (Å²) in [6.07, 6.45) is 5.23. The molecule has 1 atom stereocenters. The molecule has 2 saturated heterocycles. The molecule has 1 unspecified atom stereocenters. The highest BCUT2D eigenvalue weighted by Crippen LogP contribution is 2.25. The number of amides is 2. The maximum atomic E-state index is 13.0. The van der Waals surface area contributed by atoms with Crippen molar-refractivity contribution in [3.05, 3.63) is 17.5 Å². The van der Waals surface area contributed by atoms with Gasteiger partial charge in [0, 0.05) is 58.7 Å². The van der Waals surface area contributed by atoms with Gasteiger partial charge in [-0.1, -0.05) is 0 Å². The summed E-state index contributed by atoms with van der Waals surface area (Å²) < 4.78 is 12.2. The van der Waals surface area contributed by atoms with Gasteiger partial charge in [-0.3, -0.25) is 14.3 Å². The number of ether oxygens (including phenoxy) is 2. The normalized spacial score (nSPS) is 21.3. The second-order valence-corrected chi connectivity index (χ2v) is 7.43. The fourth-order valence-corrected chi connectivity index (χ4v) is 4.21. The molecule has 2 aliphatic rings. The number of carbonyl (C=O) groups is 2. The predicted molar refractivity (Wildman–Crippen MR) is 99.4 cm³/mol. The number of nitrogens with zero attached hydrogens (tertiary/aromatic N) is 4. The van der Waals surface area contributed by atoms with Crippen molar-refractivity contribution in [2.24, 2.45) is 7.05 Å². The molecule has 2 amide bonds. The Bertz CT molecular complexity index is 669. The van der Waals surface area contributed by atoms with Gasteiger partial charge in [-0.05, 0) is 32.6 Å². The van der Waals surface area contributed by atoms with E-state index in [9.17, 15) is 9.59 Å². The van der Waals surface area contributed by atoms with Gasteiger partial charge in [-0.25, -0.2) is 0 Å². The Kier molecular flexibility index (Phi) is 6.49. The molecule has 0 radical (unpaired) electrons. The first-order chi connectivity index (χ1) is 13.0. The van der Waals surface area contributed by atoms with Gasteiger partial charge in [-0.2, -0.15) is 5.10 Å². The van der Waals surface area contributed by atoms with Crippen LogP contribution < -0.4 is 0 Å². The standard InChI is InChI=1S/C19H30N4O4/c1-14-17(12-21(2)20-14)19(25)22-8-4-5-16(11-22)23(18(24)13-26-3)15-6-9-27-10-7-15/h12,15-16H,4-11,13H2,1-3H3. The minimum absolute atomic E-state index is 0.00116. The third-order valence-corrected chi connectivity index (χ3v) is 5.46. The maximum Gasteiger partial charge on any atom is 0.257 e. The topological polar surface area (TPSA) is 76.9 Å². The number of hydrogen-bond acceptors (Lipinski definition) is 5. The smallest absolute Gasteiger partial charge is 0.257 e. The van der Waals surface area contributed by atoms with Crippen LogP contribution in [0.4, 0.5) is 0 Å². The molecule has 8 nitrogen and oxygen atoms in total. The first-order valence-electron chi connectivity index (χ1n) is 9.68. The number of carbonyl (C=O) groups excluding carboxylic acids is 2. The van der Waals surface area contributed by atoms with Crippen LogP contribution in [0.15, 0.2) is 6.20 Å². The minimum atomic E-state index is -0.00332. The average Bonchev–Trinajstić information content (AvgIpc) is 3.01. The Hall–Kier alpha value is -1.93. The third kappa shape index (κ3) is 4.50. The number of likely N-dealkylation sites (tertiary alicyclic amines) is 1. The zero-order valence-electron chi connectivity index (χ0n) is 16.5. The molecule has 1 aromatic rings. The van der Waals surface area contributed by atoms with Crippen molar-refractivity contribution in [2.75, 3.05) is 40.0 Å². The van der Waals surface area contributed by atoms with Gasteiger partial charge in [-0.15, -0.1) is 0 Å². The molecule has 0 bridgehead atoms. The van der Waals surface area contributed by atoms with Crippen molar-refractivity contribution in [3.63, 3.8) is 0 Å². The van der Waals surface area contributed by atoms with Crippen LogP contribution in [0.3, 0.4) is 0 Å². The molecule has 27 heavy (non-hydrogen) atoms. The van der Waals surface area contributed by atoms with E-state index in [-0.39, 0.29) is 30.5 Å². The molecular weight excluding hydrogens is 348 g/mol. The highest BCUT2D eigenvalue weighted by molar-refractivity contribution is 5.95. The molecule has 3 heterocycles. The first-order valence-corrected chi connectivity index (χ1v) is 9.68. The molecule has 8 heteroatoms. The Labute approximate surface area is 160 Å². The molecule has 2 fully saturated rings. The molecule has 0 aromatic carbocycles. The number of aryl methyl sites for hydroxylation is 2. The summed E-state index contributed by atoms with van der Waals surface area (Å²) in [6, 6.07) is 0.173. The van der Waals surface area contributed by atoms with Crippen LogP contribution in [0, 0.1) is 6.92 Å². The van der Waals surface area contributed by atoms with Crippen LogP contribution in [-0.4, -0.2) is 83.5 Å². The molecule has 2 aliphatic heterocycles. The second-order valence-electron chi connectivity index (χ2n) is 7.43. The monoisotopic (exact) mass is 378 g/mol. The van der Waals surface area contributed by atoms with Gasteiger partial charge in [0.15, 0.2) is 0 Å². The SMILES string of the molecule is COCC(=O)N(C1CCOCC1)C1CCCN(C(=O)c2cn(C)nc2C)C1. The zero-order chi connectivity index (χ0) is 19.4. The molecule has 0 N–H and O–H groups in total. The van der Waals surface area contributed by atoms with Crippen molar-refractivity contribution >= 4 is 11.8 Å². The summed E-state index contributed by atoms with van der Waals surface area (Å²) in [6.45, 7) is 4.54. The lowest BCUT2D eigenvalue weighted by molar-refractivity contribution is -0.143. The fourth-order valence-electron chi connectivity index (χ4n) is 4.21. The predicted octanol–water partition coefficient (Wildman–Crippen LogP) is 0.987. The molecule has 0 saturated carbocycles. The van der Waals surface area contributed by atoms with Crippen LogP contribution in [0.5, 0.6) is 0 Å². The van der Waals surface area contributed by atoms with Crippen molar-refractivity contribution in [1.29, 1.82) is 0 Å². The van der Waals surface area contributed by atoms with Crippen molar-refractivity contribution in [2.45, 2.75) is 44.7 Å². The number of rotatable bonds is 5. The third-order valence-electron chi connectivity index (χ3n) is 5.46. The molecular formula is C19H30N4O4. The van der Waals surface area contributed by atoms with E-state index in [2.05, 4.69) is 5.10 Å². The average molecular weight is 378 g/mol.